The molecular formula is C13H21Cl. The molecule has 1 atom stereocenters. The van der Waals surface area contributed by atoms with Crippen LogP contribution in [0.3, 0.4) is 0 Å². The van der Waals surface area contributed by atoms with Crippen LogP contribution in [0.4, 0.5) is 0 Å². The Kier molecular flexibility index (Phi) is 3.83. The molecule has 0 bridgehead atoms. The Bertz CT molecular complexity index is 248. The van der Waals surface area contributed by atoms with Crippen molar-refractivity contribution in [3.8, 4) is 0 Å². The molecule has 1 aliphatic rings. The van der Waals surface area contributed by atoms with Gasteiger partial charge in [0.15, 0.2) is 0 Å². The predicted molar refractivity (Wildman–Crippen MR) is 64.8 cm³/mol. The summed E-state index contributed by atoms with van der Waals surface area (Å²) in [7, 11) is 0. The largest absolute Gasteiger partial charge is 0.118 e. The Morgan fingerprint density at radius 1 is 1.64 bits per heavy atom. The molecule has 0 radical (unpaired) electrons. The Balaban J connectivity index is 2.65. The average molecular weight is 213 g/mol. The van der Waals surface area contributed by atoms with Crippen molar-refractivity contribution in [2.75, 3.05) is 0 Å². The zero-order valence-corrected chi connectivity index (χ0v) is 10.3. The van der Waals surface area contributed by atoms with Crippen LogP contribution in [0.25, 0.3) is 0 Å². The van der Waals surface area contributed by atoms with Gasteiger partial charge in [0.1, 0.15) is 0 Å². The van der Waals surface area contributed by atoms with Gasteiger partial charge in [0.25, 0.3) is 0 Å². The van der Waals surface area contributed by atoms with E-state index in [0.717, 1.165) is 19.3 Å². The number of halogens is 1. The molecule has 0 aliphatic heterocycles. The van der Waals surface area contributed by atoms with E-state index in [0.29, 0.717) is 5.41 Å². The molecule has 0 aromatic rings. The Morgan fingerprint density at radius 2 is 2.29 bits per heavy atom. The van der Waals surface area contributed by atoms with Gasteiger partial charge in [0.05, 0.1) is 5.38 Å². The zero-order valence-electron chi connectivity index (χ0n) is 9.57. The molecule has 0 nitrogen and oxygen atoms in total. The second-order valence-corrected chi connectivity index (χ2v) is 5.73. The smallest absolute Gasteiger partial charge is 0.0523 e. The van der Waals surface area contributed by atoms with E-state index in [9.17, 15) is 0 Å². The van der Waals surface area contributed by atoms with Crippen LogP contribution in [-0.2, 0) is 0 Å². The fraction of sp³-hybridized carbons (Fsp3) is 0.692. The Morgan fingerprint density at radius 3 is 2.79 bits per heavy atom. The third kappa shape index (κ3) is 3.49. The molecule has 1 unspecified atom stereocenters. The normalized spacial score (nSPS) is 25.7. The summed E-state index contributed by atoms with van der Waals surface area (Å²) in [6, 6.07) is 0. The highest BCUT2D eigenvalue weighted by atomic mass is 35.5. The standard InChI is InChI=1S/C13H21Cl/c1-5-10(2)6-11-7-12(14)9-13(3,4)8-11/h7,12H,2,5-6,8-9H2,1,3-4H3. The van der Waals surface area contributed by atoms with Crippen molar-refractivity contribution in [2.24, 2.45) is 5.41 Å². The first-order valence-corrected chi connectivity index (χ1v) is 5.87. The van der Waals surface area contributed by atoms with Crippen LogP contribution in [0.1, 0.15) is 46.5 Å². The van der Waals surface area contributed by atoms with E-state index in [1.165, 1.54) is 17.6 Å². The number of hydrogen-bond donors (Lipinski definition) is 0. The summed E-state index contributed by atoms with van der Waals surface area (Å²) in [5.74, 6) is 0. The highest BCUT2D eigenvalue weighted by Crippen LogP contribution is 2.39. The fourth-order valence-corrected chi connectivity index (χ4v) is 2.75. The Labute approximate surface area is 93.0 Å². The summed E-state index contributed by atoms with van der Waals surface area (Å²) in [4.78, 5) is 0. The van der Waals surface area contributed by atoms with E-state index in [4.69, 9.17) is 11.6 Å². The second-order valence-electron chi connectivity index (χ2n) is 5.17. The van der Waals surface area contributed by atoms with Crippen molar-refractivity contribution >= 4 is 11.6 Å². The lowest BCUT2D eigenvalue weighted by Gasteiger charge is -2.32. The van der Waals surface area contributed by atoms with Gasteiger partial charge >= 0.3 is 0 Å². The topological polar surface area (TPSA) is 0 Å². The summed E-state index contributed by atoms with van der Waals surface area (Å²) in [5.41, 5.74) is 3.16. The highest BCUT2D eigenvalue weighted by Gasteiger charge is 2.27. The van der Waals surface area contributed by atoms with Crippen LogP contribution < -0.4 is 0 Å². The van der Waals surface area contributed by atoms with E-state index in [2.05, 4.69) is 33.4 Å². The first-order valence-electron chi connectivity index (χ1n) is 5.43. The number of hydrogen-bond acceptors (Lipinski definition) is 0. The predicted octanol–water partition coefficient (Wildman–Crippen LogP) is 4.70. The minimum Gasteiger partial charge on any atom is -0.118 e. The molecule has 1 rings (SSSR count). The van der Waals surface area contributed by atoms with Gasteiger partial charge in [0.2, 0.25) is 0 Å². The lowest BCUT2D eigenvalue weighted by atomic mass is 9.76. The average Bonchev–Trinajstić information content (AvgIpc) is 1.99. The summed E-state index contributed by atoms with van der Waals surface area (Å²) >= 11 is 6.22. The molecule has 0 N–H and O–H groups in total. The van der Waals surface area contributed by atoms with E-state index >= 15 is 0 Å². The third-order valence-corrected chi connectivity index (χ3v) is 3.13. The van der Waals surface area contributed by atoms with Gasteiger partial charge in [-0.15, -0.1) is 11.6 Å². The van der Waals surface area contributed by atoms with Crippen LogP contribution in [0.5, 0.6) is 0 Å². The fourth-order valence-electron chi connectivity index (χ4n) is 2.16. The molecular weight excluding hydrogens is 192 g/mol. The summed E-state index contributed by atoms with van der Waals surface area (Å²) in [6.45, 7) is 10.8. The van der Waals surface area contributed by atoms with Crippen molar-refractivity contribution in [3.05, 3.63) is 23.8 Å². The number of alkyl halides is 1. The number of allylic oxidation sites excluding steroid dienone is 3. The molecule has 0 saturated carbocycles. The van der Waals surface area contributed by atoms with Crippen molar-refractivity contribution in [2.45, 2.75) is 51.8 Å². The maximum Gasteiger partial charge on any atom is 0.0523 e. The van der Waals surface area contributed by atoms with Crippen molar-refractivity contribution in [1.82, 2.24) is 0 Å². The van der Waals surface area contributed by atoms with Gasteiger partial charge in [-0.2, -0.15) is 0 Å². The molecule has 1 heteroatoms. The quantitative estimate of drug-likeness (QED) is 0.470. The monoisotopic (exact) mass is 212 g/mol. The molecule has 1 aliphatic carbocycles. The van der Waals surface area contributed by atoms with Crippen molar-refractivity contribution in [3.63, 3.8) is 0 Å². The summed E-state index contributed by atoms with van der Waals surface area (Å²) in [6.07, 6.45) is 6.62. The van der Waals surface area contributed by atoms with Crippen LogP contribution >= 0.6 is 11.6 Å². The third-order valence-electron chi connectivity index (χ3n) is 2.85. The zero-order chi connectivity index (χ0) is 10.8. The van der Waals surface area contributed by atoms with Crippen LogP contribution in [-0.4, -0.2) is 5.38 Å². The van der Waals surface area contributed by atoms with Gasteiger partial charge in [-0.3, -0.25) is 0 Å². The van der Waals surface area contributed by atoms with Gasteiger partial charge in [0, 0.05) is 0 Å². The first kappa shape index (κ1) is 11.8. The molecule has 0 aromatic heterocycles. The molecule has 0 amide bonds. The van der Waals surface area contributed by atoms with E-state index in [-0.39, 0.29) is 5.38 Å². The van der Waals surface area contributed by atoms with Crippen LogP contribution in [0.15, 0.2) is 23.8 Å². The summed E-state index contributed by atoms with van der Waals surface area (Å²) < 4.78 is 0. The summed E-state index contributed by atoms with van der Waals surface area (Å²) in [5, 5.41) is 0.221. The van der Waals surface area contributed by atoms with Crippen molar-refractivity contribution < 1.29 is 0 Å². The minimum atomic E-state index is 0.221. The minimum absolute atomic E-state index is 0.221. The van der Waals surface area contributed by atoms with E-state index in [1.54, 1.807) is 0 Å². The van der Waals surface area contributed by atoms with E-state index < -0.39 is 0 Å². The molecule has 0 spiro atoms. The maximum atomic E-state index is 6.22. The highest BCUT2D eigenvalue weighted by molar-refractivity contribution is 6.21. The SMILES string of the molecule is C=C(CC)CC1=CC(Cl)CC(C)(C)C1. The maximum absolute atomic E-state index is 6.22. The molecule has 14 heavy (non-hydrogen) atoms. The van der Waals surface area contributed by atoms with Gasteiger partial charge in [-0.1, -0.05) is 44.6 Å². The lowest BCUT2D eigenvalue weighted by Crippen LogP contribution is -2.22. The first-order chi connectivity index (χ1) is 6.43. The molecule has 0 saturated heterocycles. The van der Waals surface area contributed by atoms with Gasteiger partial charge in [-0.25, -0.2) is 0 Å². The van der Waals surface area contributed by atoms with Crippen LogP contribution in [0.2, 0.25) is 0 Å². The molecule has 0 fully saturated rings. The molecule has 0 aromatic carbocycles. The number of rotatable bonds is 3. The molecule has 0 heterocycles. The van der Waals surface area contributed by atoms with E-state index in [1.807, 2.05) is 0 Å². The van der Waals surface area contributed by atoms with Gasteiger partial charge < -0.3 is 0 Å². The second kappa shape index (κ2) is 4.53. The lowest BCUT2D eigenvalue weighted by molar-refractivity contribution is 0.320. The Hall–Kier alpha value is -0.230. The molecule has 80 valence electrons. The van der Waals surface area contributed by atoms with Gasteiger partial charge in [-0.05, 0) is 31.1 Å². The van der Waals surface area contributed by atoms with Crippen molar-refractivity contribution in [1.29, 1.82) is 0 Å². The van der Waals surface area contributed by atoms with Crippen LogP contribution in [0, 0.1) is 5.41 Å².